The van der Waals surface area contributed by atoms with Gasteiger partial charge >= 0.3 is 0 Å². The number of guanidine groups is 1. The molecule has 1 fully saturated rings. The lowest BCUT2D eigenvalue weighted by atomic mass is 9.84. The molecule has 1 aliphatic rings. The van der Waals surface area contributed by atoms with Crippen LogP contribution in [-0.4, -0.2) is 17.7 Å². The molecule has 4 nitrogen and oxygen atoms in total. The van der Waals surface area contributed by atoms with E-state index in [1.807, 2.05) is 5.48 Å². The Bertz CT molecular complexity index is 185. The second-order valence-electron chi connectivity index (χ2n) is 3.87. The summed E-state index contributed by atoms with van der Waals surface area (Å²) in [5.74, 6) is 0.125. The molecule has 0 saturated heterocycles. The van der Waals surface area contributed by atoms with Gasteiger partial charge in [-0.15, -0.1) is 0 Å². The standard InChI is InChI=1S/C9H19N3O/c1-2-9(5-3-4-6-9)7-11-8(10)12-13/h13H,2-7H2,1H3,(H3,10,11,12). The highest BCUT2D eigenvalue weighted by atomic mass is 16.5. The fraction of sp³-hybridized carbons (Fsp3) is 0.889. The molecule has 0 aliphatic heterocycles. The quantitative estimate of drug-likeness (QED) is 0.352. The number of nitrogens with zero attached hydrogens (tertiary/aromatic N) is 1. The van der Waals surface area contributed by atoms with Gasteiger partial charge in [-0.2, -0.15) is 0 Å². The van der Waals surface area contributed by atoms with Gasteiger partial charge in [0.2, 0.25) is 5.96 Å². The molecule has 0 aromatic carbocycles. The van der Waals surface area contributed by atoms with Crippen LogP contribution in [0.3, 0.4) is 0 Å². The third kappa shape index (κ3) is 2.59. The molecular formula is C9H19N3O. The van der Waals surface area contributed by atoms with Crippen molar-refractivity contribution in [2.24, 2.45) is 16.1 Å². The van der Waals surface area contributed by atoms with E-state index in [0.717, 1.165) is 13.0 Å². The van der Waals surface area contributed by atoms with Crippen molar-refractivity contribution in [3.8, 4) is 0 Å². The van der Waals surface area contributed by atoms with Gasteiger partial charge in [0.15, 0.2) is 0 Å². The summed E-state index contributed by atoms with van der Waals surface area (Å²) < 4.78 is 0. The lowest BCUT2D eigenvalue weighted by molar-refractivity contribution is 0.230. The van der Waals surface area contributed by atoms with E-state index in [0.29, 0.717) is 5.41 Å². The zero-order valence-electron chi connectivity index (χ0n) is 8.21. The van der Waals surface area contributed by atoms with Crippen LogP contribution in [-0.2, 0) is 0 Å². The Hall–Kier alpha value is -0.770. The van der Waals surface area contributed by atoms with E-state index in [2.05, 4.69) is 11.9 Å². The third-order valence-corrected chi connectivity index (χ3v) is 3.11. The fourth-order valence-electron chi connectivity index (χ4n) is 2.04. The second-order valence-corrected chi connectivity index (χ2v) is 3.87. The summed E-state index contributed by atoms with van der Waals surface area (Å²) in [6.45, 7) is 2.94. The van der Waals surface area contributed by atoms with E-state index in [1.165, 1.54) is 25.7 Å². The zero-order chi connectivity index (χ0) is 9.73. The van der Waals surface area contributed by atoms with Crippen LogP contribution in [0, 0.1) is 5.41 Å². The molecule has 4 heteroatoms. The molecule has 76 valence electrons. The summed E-state index contributed by atoms with van der Waals surface area (Å²) in [5, 5.41) is 8.46. The largest absolute Gasteiger partial charge is 0.368 e. The Kier molecular flexibility index (Phi) is 3.54. The number of nitrogens with two attached hydrogens (primary N) is 1. The fourth-order valence-corrected chi connectivity index (χ4v) is 2.04. The van der Waals surface area contributed by atoms with Crippen LogP contribution in [0.4, 0.5) is 0 Å². The minimum atomic E-state index is 0.125. The lowest BCUT2D eigenvalue weighted by Crippen LogP contribution is -2.30. The van der Waals surface area contributed by atoms with Gasteiger partial charge in [0.05, 0.1) is 0 Å². The summed E-state index contributed by atoms with van der Waals surface area (Å²) >= 11 is 0. The minimum Gasteiger partial charge on any atom is -0.368 e. The van der Waals surface area contributed by atoms with Gasteiger partial charge in [-0.1, -0.05) is 19.8 Å². The number of rotatable bonds is 3. The number of aliphatic imine (C=N–C) groups is 1. The topological polar surface area (TPSA) is 70.6 Å². The first-order valence-electron chi connectivity index (χ1n) is 4.92. The molecule has 1 rings (SSSR count). The predicted octanol–water partition coefficient (Wildman–Crippen LogP) is 1.25. The number of hydrogen-bond acceptors (Lipinski definition) is 2. The zero-order valence-corrected chi connectivity index (χ0v) is 8.21. The van der Waals surface area contributed by atoms with E-state index in [9.17, 15) is 0 Å². The van der Waals surface area contributed by atoms with Gasteiger partial charge in [-0.25, -0.2) is 5.48 Å². The summed E-state index contributed by atoms with van der Waals surface area (Å²) in [6, 6.07) is 0. The highest BCUT2D eigenvalue weighted by molar-refractivity contribution is 5.76. The Labute approximate surface area is 79.2 Å². The molecule has 0 radical (unpaired) electrons. The van der Waals surface area contributed by atoms with Crippen molar-refractivity contribution < 1.29 is 5.21 Å². The van der Waals surface area contributed by atoms with Gasteiger partial charge in [0.25, 0.3) is 0 Å². The SMILES string of the molecule is CCC1(CN=C(N)NO)CCCC1. The van der Waals surface area contributed by atoms with Crippen LogP contribution in [0.1, 0.15) is 39.0 Å². The second kappa shape index (κ2) is 4.46. The minimum absolute atomic E-state index is 0.125. The van der Waals surface area contributed by atoms with Crippen molar-refractivity contribution in [1.82, 2.24) is 5.48 Å². The molecular weight excluding hydrogens is 166 g/mol. The van der Waals surface area contributed by atoms with Gasteiger partial charge in [0, 0.05) is 6.54 Å². The van der Waals surface area contributed by atoms with Crippen LogP contribution in [0.5, 0.6) is 0 Å². The maximum absolute atomic E-state index is 8.46. The molecule has 13 heavy (non-hydrogen) atoms. The highest BCUT2D eigenvalue weighted by Crippen LogP contribution is 2.40. The normalized spacial score (nSPS) is 21.8. The van der Waals surface area contributed by atoms with Crippen LogP contribution in [0.2, 0.25) is 0 Å². The first-order chi connectivity index (χ1) is 6.22. The summed E-state index contributed by atoms with van der Waals surface area (Å²) in [5.41, 5.74) is 7.56. The molecule has 1 aliphatic carbocycles. The summed E-state index contributed by atoms with van der Waals surface area (Å²) in [4.78, 5) is 4.10. The third-order valence-electron chi connectivity index (χ3n) is 3.11. The average Bonchev–Trinajstić information content (AvgIpc) is 2.63. The van der Waals surface area contributed by atoms with Gasteiger partial charge < -0.3 is 5.73 Å². The van der Waals surface area contributed by atoms with Crippen LogP contribution < -0.4 is 11.2 Å². The van der Waals surface area contributed by atoms with Crippen LogP contribution >= 0.6 is 0 Å². The Morgan fingerprint density at radius 2 is 2.15 bits per heavy atom. The smallest absolute Gasteiger partial charge is 0.212 e. The molecule has 1 saturated carbocycles. The van der Waals surface area contributed by atoms with Crippen LogP contribution in [0.25, 0.3) is 0 Å². The molecule has 0 aromatic heterocycles. The molecule has 0 atom stereocenters. The molecule has 0 amide bonds. The molecule has 0 heterocycles. The van der Waals surface area contributed by atoms with E-state index in [-0.39, 0.29) is 5.96 Å². The van der Waals surface area contributed by atoms with Gasteiger partial charge in [-0.05, 0) is 24.7 Å². The van der Waals surface area contributed by atoms with E-state index in [1.54, 1.807) is 0 Å². The Morgan fingerprint density at radius 1 is 1.54 bits per heavy atom. The van der Waals surface area contributed by atoms with Gasteiger partial charge in [-0.3, -0.25) is 10.2 Å². The Morgan fingerprint density at radius 3 is 2.62 bits per heavy atom. The van der Waals surface area contributed by atoms with E-state index in [4.69, 9.17) is 10.9 Å². The number of hydroxylamine groups is 1. The van der Waals surface area contributed by atoms with E-state index >= 15 is 0 Å². The predicted molar refractivity (Wildman–Crippen MR) is 52.6 cm³/mol. The summed E-state index contributed by atoms with van der Waals surface area (Å²) in [6.07, 6.45) is 6.23. The average molecular weight is 185 g/mol. The molecule has 0 bridgehead atoms. The van der Waals surface area contributed by atoms with Crippen molar-refractivity contribution in [2.45, 2.75) is 39.0 Å². The maximum Gasteiger partial charge on any atom is 0.212 e. The van der Waals surface area contributed by atoms with Crippen molar-refractivity contribution in [3.05, 3.63) is 0 Å². The summed E-state index contributed by atoms with van der Waals surface area (Å²) in [7, 11) is 0. The molecule has 0 spiro atoms. The van der Waals surface area contributed by atoms with Crippen molar-refractivity contribution in [1.29, 1.82) is 0 Å². The maximum atomic E-state index is 8.46. The first kappa shape index (κ1) is 10.3. The molecule has 0 unspecified atom stereocenters. The molecule has 4 N–H and O–H groups in total. The molecule has 0 aromatic rings. The van der Waals surface area contributed by atoms with E-state index < -0.39 is 0 Å². The van der Waals surface area contributed by atoms with Gasteiger partial charge in [0.1, 0.15) is 0 Å². The Balaban J connectivity index is 2.48. The van der Waals surface area contributed by atoms with Crippen molar-refractivity contribution in [2.75, 3.05) is 6.54 Å². The number of hydrogen-bond donors (Lipinski definition) is 3. The highest BCUT2D eigenvalue weighted by Gasteiger charge is 2.31. The lowest BCUT2D eigenvalue weighted by Gasteiger charge is -2.24. The van der Waals surface area contributed by atoms with Crippen LogP contribution in [0.15, 0.2) is 4.99 Å². The van der Waals surface area contributed by atoms with Crippen molar-refractivity contribution in [3.63, 3.8) is 0 Å². The number of nitrogens with one attached hydrogen (secondary N) is 1. The monoisotopic (exact) mass is 185 g/mol. The first-order valence-corrected chi connectivity index (χ1v) is 4.92. The van der Waals surface area contributed by atoms with Crippen molar-refractivity contribution >= 4 is 5.96 Å².